The van der Waals surface area contributed by atoms with E-state index in [1.807, 2.05) is 6.92 Å². The summed E-state index contributed by atoms with van der Waals surface area (Å²) in [6.07, 6.45) is 4.56. The van der Waals surface area contributed by atoms with E-state index in [1.54, 1.807) is 0 Å². The predicted octanol–water partition coefficient (Wildman–Crippen LogP) is 1.87. The lowest BCUT2D eigenvalue weighted by atomic mass is 9.75. The fraction of sp³-hybridized carbons (Fsp3) is 0.929. The molecule has 1 heterocycles. The molecule has 2 fully saturated rings. The Morgan fingerprint density at radius 3 is 2.53 bits per heavy atom. The van der Waals surface area contributed by atoms with Crippen LogP contribution in [0.3, 0.4) is 0 Å². The molecule has 0 aromatic rings. The first-order valence-electron chi connectivity index (χ1n) is 7.13. The zero-order valence-electron chi connectivity index (χ0n) is 12.2. The molecule has 1 aliphatic heterocycles. The summed E-state index contributed by atoms with van der Waals surface area (Å²) in [7, 11) is 0. The molecular weight excluding hydrogens is 264 g/mol. The second-order valence-electron chi connectivity index (χ2n) is 6.45. The maximum atomic E-state index is 12.2. The lowest BCUT2D eigenvalue weighted by molar-refractivity contribution is -0.130. The van der Waals surface area contributed by atoms with Crippen molar-refractivity contribution in [1.29, 1.82) is 0 Å². The van der Waals surface area contributed by atoms with E-state index in [0.29, 0.717) is 18.1 Å². The minimum Gasteiger partial charge on any atom is -0.375 e. The van der Waals surface area contributed by atoms with Crippen molar-refractivity contribution in [3.05, 3.63) is 0 Å². The van der Waals surface area contributed by atoms with Gasteiger partial charge in [0, 0.05) is 12.6 Å². The third-order valence-electron chi connectivity index (χ3n) is 4.28. The van der Waals surface area contributed by atoms with Crippen LogP contribution in [0.5, 0.6) is 0 Å². The number of ether oxygens (including phenoxy) is 1. The Balaban J connectivity index is 0.00000180. The van der Waals surface area contributed by atoms with E-state index in [-0.39, 0.29) is 30.5 Å². The molecule has 0 aromatic carbocycles. The maximum absolute atomic E-state index is 12.2. The second kappa shape index (κ2) is 6.91. The summed E-state index contributed by atoms with van der Waals surface area (Å²) < 4.78 is 5.51. The lowest BCUT2D eigenvalue weighted by Crippen LogP contribution is -2.57. The number of halogens is 1. The molecule has 5 heteroatoms. The summed E-state index contributed by atoms with van der Waals surface area (Å²) in [5.41, 5.74) is 0.445. The third-order valence-corrected chi connectivity index (χ3v) is 4.28. The average molecular weight is 291 g/mol. The molecule has 0 aromatic heterocycles. The molecule has 2 N–H and O–H groups in total. The minimum absolute atomic E-state index is 0. The Morgan fingerprint density at radius 2 is 1.95 bits per heavy atom. The van der Waals surface area contributed by atoms with Gasteiger partial charge in [0.1, 0.15) is 6.04 Å². The number of nitrogens with one attached hydrogen (secondary N) is 2. The summed E-state index contributed by atoms with van der Waals surface area (Å²) in [5.74, 6) is 0.104. The average Bonchev–Trinajstić information content (AvgIpc) is 2.32. The van der Waals surface area contributed by atoms with Gasteiger partial charge in [-0.05, 0) is 38.0 Å². The van der Waals surface area contributed by atoms with E-state index in [0.717, 1.165) is 19.4 Å². The highest BCUT2D eigenvalue weighted by Gasteiger charge is 2.32. The van der Waals surface area contributed by atoms with Crippen molar-refractivity contribution in [2.45, 2.75) is 64.6 Å². The van der Waals surface area contributed by atoms with E-state index in [9.17, 15) is 4.79 Å². The van der Waals surface area contributed by atoms with Crippen LogP contribution in [-0.4, -0.2) is 37.2 Å². The summed E-state index contributed by atoms with van der Waals surface area (Å²) >= 11 is 0. The molecule has 19 heavy (non-hydrogen) atoms. The quantitative estimate of drug-likeness (QED) is 0.816. The van der Waals surface area contributed by atoms with E-state index in [4.69, 9.17) is 4.74 Å². The smallest absolute Gasteiger partial charge is 0.240 e. The molecule has 0 radical (unpaired) electrons. The van der Waals surface area contributed by atoms with Gasteiger partial charge in [-0.3, -0.25) is 4.79 Å². The number of carbonyl (C=O) groups excluding carboxylic acids is 1. The van der Waals surface area contributed by atoms with Crippen LogP contribution < -0.4 is 10.6 Å². The Labute approximate surface area is 122 Å². The summed E-state index contributed by atoms with van der Waals surface area (Å²) in [5, 5.41) is 6.41. The van der Waals surface area contributed by atoms with Crippen molar-refractivity contribution in [3.8, 4) is 0 Å². The van der Waals surface area contributed by atoms with Gasteiger partial charge in [-0.25, -0.2) is 0 Å². The molecule has 4 nitrogen and oxygen atoms in total. The first-order valence-corrected chi connectivity index (χ1v) is 7.13. The molecule has 2 atom stereocenters. The van der Waals surface area contributed by atoms with E-state index >= 15 is 0 Å². The Bertz CT molecular complexity index is 300. The lowest BCUT2D eigenvalue weighted by Gasteiger charge is -2.36. The van der Waals surface area contributed by atoms with Gasteiger partial charge in [0.2, 0.25) is 5.91 Å². The van der Waals surface area contributed by atoms with Crippen LogP contribution in [0.1, 0.15) is 46.5 Å². The third kappa shape index (κ3) is 4.62. The highest BCUT2D eigenvalue weighted by molar-refractivity contribution is 5.85. The van der Waals surface area contributed by atoms with Crippen molar-refractivity contribution < 1.29 is 9.53 Å². The van der Waals surface area contributed by atoms with Crippen LogP contribution in [0, 0.1) is 5.41 Å². The van der Waals surface area contributed by atoms with Crippen molar-refractivity contribution in [2.24, 2.45) is 5.41 Å². The van der Waals surface area contributed by atoms with Gasteiger partial charge >= 0.3 is 0 Å². The molecule has 2 aliphatic rings. The normalized spacial score (nSPS) is 31.3. The van der Waals surface area contributed by atoms with Crippen LogP contribution in [0.25, 0.3) is 0 Å². The molecule has 0 unspecified atom stereocenters. The molecule has 2 rings (SSSR count). The fourth-order valence-electron chi connectivity index (χ4n) is 2.86. The van der Waals surface area contributed by atoms with Crippen LogP contribution in [-0.2, 0) is 9.53 Å². The number of amides is 1. The first-order chi connectivity index (χ1) is 8.48. The van der Waals surface area contributed by atoms with Crippen LogP contribution >= 0.6 is 12.4 Å². The van der Waals surface area contributed by atoms with Crippen molar-refractivity contribution in [2.75, 3.05) is 13.2 Å². The Kier molecular flexibility index (Phi) is 6.09. The monoisotopic (exact) mass is 290 g/mol. The van der Waals surface area contributed by atoms with Gasteiger partial charge in [-0.15, -0.1) is 12.4 Å². The molecule has 1 saturated heterocycles. The van der Waals surface area contributed by atoms with Crippen molar-refractivity contribution >= 4 is 18.3 Å². The van der Waals surface area contributed by atoms with E-state index < -0.39 is 0 Å². The van der Waals surface area contributed by atoms with Crippen LogP contribution in [0.15, 0.2) is 0 Å². The summed E-state index contributed by atoms with van der Waals surface area (Å²) in [6, 6.07) is 0.162. The largest absolute Gasteiger partial charge is 0.375 e. The first kappa shape index (κ1) is 16.7. The molecular formula is C14H27ClN2O2. The van der Waals surface area contributed by atoms with Gasteiger partial charge in [0.05, 0.1) is 12.7 Å². The molecule has 1 aliphatic carbocycles. The number of hydrogen-bond acceptors (Lipinski definition) is 3. The van der Waals surface area contributed by atoms with Gasteiger partial charge in [-0.1, -0.05) is 13.8 Å². The number of rotatable bonds is 2. The van der Waals surface area contributed by atoms with Gasteiger partial charge in [0.15, 0.2) is 0 Å². The van der Waals surface area contributed by atoms with Gasteiger partial charge in [0.25, 0.3) is 0 Å². The standard InChI is InChI=1S/C14H26N2O2.ClH/c1-10-12(15-8-9-18-10)13(17)16-11-4-6-14(2,3)7-5-11;/h10-12,15H,4-9H2,1-3H3,(H,16,17);1H/t10-,12+;/m1./s1. The zero-order valence-corrected chi connectivity index (χ0v) is 13.0. The molecule has 0 bridgehead atoms. The predicted molar refractivity (Wildman–Crippen MR) is 78.6 cm³/mol. The second-order valence-corrected chi connectivity index (χ2v) is 6.45. The summed E-state index contributed by atoms with van der Waals surface area (Å²) in [6.45, 7) is 8.04. The van der Waals surface area contributed by atoms with E-state index in [1.165, 1.54) is 12.8 Å². The van der Waals surface area contributed by atoms with Crippen molar-refractivity contribution in [3.63, 3.8) is 0 Å². The number of hydrogen-bond donors (Lipinski definition) is 2. The zero-order chi connectivity index (χ0) is 13.2. The van der Waals surface area contributed by atoms with Crippen LogP contribution in [0.4, 0.5) is 0 Å². The molecule has 1 saturated carbocycles. The number of carbonyl (C=O) groups is 1. The van der Waals surface area contributed by atoms with E-state index in [2.05, 4.69) is 24.5 Å². The minimum atomic E-state index is -0.186. The van der Waals surface area contributed by atoms with Crippen molar-refractivity contribution in [1.82, 2.24) is 10.6 Å². The Morgan fingerprint density at radius 1 is 1.32 bits per heavy atom. The summed E-state index contributed by atoms with van der Waals surface area (Å²) in [4.78, 5) is 12.2. The number of morpholine rings is 1. The van der Waals surface area contributed by atoms with Gasteiger partial charge < -0.3 is 15.4 Å². The maximum Gasteiger partial charge on any atom is 0.240 e. The topological polar surface area (TPSA) is 50.4 Å². The fourth-order valence-corrected chi connectivity index (χ4v) is 2.86. The molecule has 1 amide bonds. The SMILES string of the molecule is C[C@H]1OCCN[C@@H]1C(=O)NC1CCC(C)(C)CC1.Cl. The molecule has 112 valence electrons. The highest BCUT2D eigenvalue weighted by atomic mass is 35.5. The Hall–Kier alpha value is -0.320. The van der Waals surface area contributed by atoms with Gasteiger partial charge in [-0.2, -0.15) is 0 Å². The highest BCUT2D eigenvalue weighted by Crippen LogP contribution is 2.35. The molecule has 0 spiro atoms. The van der Waals surface area contributed by atoms with Crippen LogP contribution in [0.2, 0.25) is 0 Å².